The van der Waals surface area contributed by atoms with Crippen LogP contribution in [-0.4, -0.2) is 17.1 Å². The predicted octanol–water partition coefficient (Wildman–Crippen LogP) is 4.33. The van der Waals surface area contributed by atoms with Crippen LogP contribution >= 0.6 is 43.5 Å². The minimum Gasteiger partial charge on any atom is -0.496 e. The molecule has 0 saturated heterocycles. The molecule has 88 valence electrons. The van der Waals surface area contributed by atoms with E-state index in [0.29, 0.717) is 15.5 Å². The van der Waals surface area contributed by atoms with E-state index in [4.69, 9.17) is 16.3 Å². The summed E-state index contributed by atoms with van der Waals surface area (Å²) in [5.41, 5.74) is 0.868. The molecule has 6 heteroatoms. The highest BCUT2D eigenvalue weighted by Crippen LogP contribution is 2.30. The Hall–Kier alpha value is -0.650. The molecule has 0 saturated carbocycles. The summed E-state index contributed by atoms with van der Waals surface area (Å²) in [7, 11) is 1.62. The molecule has 1 heterocycles. The molecule has 0 N–H and O–H groups in total. The van der Waals surface area contributed by atoms with Crippen molar-refractivity contribution >= 4 is 43.5 Å². The van der Waals surface area contributed by atoms with Crippen LogP contribution in [-0.2, 0) is 0 Å². The summed E-state index contributed by atoms with van der Waals surface area (Å²) >= 11 is 12.6. The Labute approximate surface area is 120 Å². The van der Waals surface area contributed by atoms with Gasteiger partial charge in [-0.2, -0.15) is 0 Å². The number of hydrogen-bond acceptors (Lipinski definition) is 3. The van der Waals surface area contributed by atoms with Gasteiger partial charge in [0.2, 0.25) is 0 Å². The molecule has 0 amide bonds. The largest absolute Gasteiger partial charge is 0.496 e. The van der Waals surface area contributed by atoms with Crippen LogP contribution in [0.15, 0.2) is 33.3 Å². The van der Waals surface area contributed by atoms with Crippen molar-refractivity contribution in [3.63, 3.8) is 0 Å². The van der Waals surface area contributed by atoms with Gasteiger partial charge >= 0.3 is 0 Å². The lowest BCUT2D eigenvalue weighted by atomic mass is 10.2. The Balaban J connectivity index is 2.46. The Morgan fingerprint density at radius 2 is 2.00 bits per heavy atom. The highest BCUT2D eigenvalue weighted by molar-refractivity contribution is 9.10. The third-order valence-electron chi connectivity index (χ3n) is 2.11. The topological polar surface area (TPSA) is 35.0 Å². The Kier molecular flexibility index (Phi) is 4.01. The van der Waals surface area contributed by atoms with E-state index < -0.39 is 0 Å². The molecule has 0 aliphatic rings. The molecule has 3 nitrogen and oxygen atoms in total. The van der Waals surface area contributed by atoms with Crippen molar-refractivity contribution in [2.24, 2.45) is 0 Å². The second-order valence-corrected chi connectivity index (χ2v) is 5.25. The average Bonchev–Trinajstić information content (AvgIpc) is 2.32. The highest BCUT2D eigenvalue weighted by Gasteiger charge is 2.07. The molecule has 2 aromatic rings. The first kappa shape index (κ1) is 12.8. The van der Waals surface area contributed by atoms with Crippen LogP contribution in [0, 0.1) is 0 Å². The molecule has 0 atom stereocenters. The third-order valence-corrected chi connectivity index (χ3v) is 3.83. The summed E-state index contributed by atoms with van der Waals surface area (Å²) in [6.07, 6.45) is 1.63. The smallest absolute Gasteiger partial charge is 0.160 e. The zero-order valence-electron chi connectivity index (χ0n) is 8.75. The number of hydrogen-bond donors (Lipinski definition) is 0. The fourth-order valence-corrected chi connectivity index (χ4v) is 2.15. The number of nitrogens with zero attached hydrogens (tertiary/aromatic N) is 2. The third kappa shape index (κ3) is 2.78. The fraction of sp³-hybridized carbons (Fsp3) is 0.0909. The standard InChI is InChI=1S/C11H7Br2ClN2O/c1-17-9-3-2-6(4-7(9)12)11-15-5-8(13)10(14)16-11/h2-5H,1H3. The number of benzene rings is 1. The molecule has 0 bridgehead atoms. The van der Waals surface area contributed by atoms with Gasteiger partial charge in [-0.15, -0.1) is 0 Å². The summed E-state index contributed by atoms with van der Waals surface area (Å²) in [5, 5.41) is 0.391. The summed E-state index contributed by atoms with van der Waals surface area (Å²) in [5.74, 6) is 1.33. The van der Waals surface area contributed by atoms with Gasteiger partial charge in [-0.05, 0) is 50.1 Å². The maximum Gasteiger partial charge on any atom is 0.160 e. The lowest BCUT2D eigenvalue weighted by molar-refractivity contribution is 0.412. The van der Waals surface area contributed by atoms with E-state index in [2.05, 4.69) is 41.8 Å². The number of halogens is 3. The van der Waals surface area contributed by atoms with Gasteiger partial charge in [0, 0.05) is 11.8 Å². The van der Waals surface area contributed by atoms with Crippen molar-refractivity contribution in [2.75, 3.05) is 7.11 Å². The zero-order valence-corrected chi connectivity index (χ0v) is 12.7. The van der Waals surface area contributed by atoms with Gasteiger partial charge < -0.3 is 4.74 Å². The van der Waals surface area contributed by atoms with Crippen LogP contribution in [0.5, 0.6) is 5.75 Å². The predicted molar refractivity (Wildman–Crippen MR) is 74.4 cm³/mol. The normalized spacial score (nSPS) is 10.4. The van der Waals surface area contributed by atoms with Gasteiger partial charge in [0.25, 0.3) is 0 Å². The van der Waals surface area contributed by atoms with Crippen LogP contribution in [0.3, 0.4) is 0 Å². The lowest BCUT2D eigenvalue weighted by Crippen LogP contribution is -1.91. The van der Waals surface area contributed by atoms with E-state index in [1.54, 1.807) is 13.3 Å². The van der Waals surface area contributed by atoms with Crippen molar-refractivity contribution in [1.82, 2.24) is 9.97 Å². The van der Waals surface area contributed by atoms with E-state index in [0.717, 1.165) is 15.8 Å². The zero-order chi connectivity index (χ0) is 12.4. The molecule has 0 unspecified atom stereocenters. The second kappa shape index (κ2) is 5.33. The van der Waals surface area contributed by atoms with E-state index in [1.807, 2.05) is 18.2 Å². The Morgan fingerprint density at radius 1 is 1.24 bits per heavy atom. The minimum absolute atomic E-state index is 0.391. The van der Waals surface area contributed by atoms with Crippen LogP contribution < -0.4 is 4.74 Å². The average molecular weight is 378 g/mol. The van der Waals surface area contributed by atoms with Crippen LogP contribution in [0.4, 0.5) is 0 Å². The van der Waals surface area contributed by atoms with Crippen molar-refractivity contribution in [3.8, 4) is 17.1 Å². The maximum absolute atomic E-state index is 5.93. The van der Waals surface area contributed by atoms with Gasteiger partial charge in [0.1, 0.15) is 10.9 Å². The summed E-state index contributed by atoms with van der Waals surface area (Å²) in [6.45, 7) is 0. The number of methoxy groups -OCH3 is 1. The molecule has 17 heavy (non-hydrogen) atoms. The summed E-state index contributed by atoms with van der Waals surface area (Å²) in [6, 6.07) is 5.61. The molecular weight excluding hydrogens is 371 g/mol. The SMILES string of the molecule is COc1ccc(-c2ncc(Br)c(Cl)n2)cc1Br. The summed E-state index contributed by atoms with van der Waals surface area (Å²) in [4.78, 5) is 8.39. The van der Waals surface area contributed by atoms with Gasteiger partial charge in [-0.1, -0.05) is 11.6 Å². The van der Waals surface area contributed by atoms with Crippen molar-refractivity contribution < 1.29 is 4.74 Å². The Morgan fingerprint density at radius 3 is 2.59 bits per heavy atom. The molecule has 0 radical (unpaired) electrons. The number of ether oxygens (including phenoxy) is 1. The van der Waals surface area contributed by atoms with E-state index in [1.165, 1.54) is 0 Å². The molecule has 1 aromatic heterocycles. The number of aromatic nitrogens is 2. The molecule has 0 aliphatic carbocycles. The molecule has 1 aromatic carbocycles. The first-order chi connectivity index (χ1) is 8.11. The molecular formula is C11H7Br2ClN2O. The van der Waals surface area contributed by atoms with Crippen LogP contribution in [0.1, 0.15) is 0 Å². The van der Waals surface area contributed by atoms with Gasteiger partial charge in [-0.25, -0.2) is 9.97 Å². The van der Waals surface area contributed by atoms with Gasteiger partial charge in [-0.3, -0.25) is 0 Å². The van der Waals surface area contributed by atoms with Crippen molar-refractivity contribution in [2.45, 2.75) is 0 Å². The molecule has 0 spiro atoms. The summed E-state index contributed by atoms with van der Waals surface area (Å²) < 4.78 is 6.68. The number of rotatable bonds is 2. The first-order valence-electron chi connectivity index (χ1n) is 4.64. The molecule has 0 aliphatic heterocycles. The molecule has 2 rings (SSSR count). The second-order valence-electron chi connectivity index (χ2n) is 3.18. The Bertz CT molecular complexity index is 563. The van der Waals surface area contributed by atoms with E-state index in [-0.39, 0.29) is 0 Å². The van der Waals surface area contributed by atoms with E-state index in [9.17, 15) is 0 Å². The van der Waals surface area contributed by atoms with Crippen molar-refractivity contribution in [1.29, 1.82) is 0 Å². The highest BCUT2D eigenvalue weighted by atomic mass is 79.9. The van der Waals surface area contributed by atoms with Crippen molar-refractivity contribution in [3.05, 3.63) is 38.5 Å². The quantitative estimate of drug-likeness (QED) is 0.730. The monoisotopic (exact) mass is 376 g/mol. The minimum atomic E-state index is 0.391. The van der Waals surface area contributed by atoms with Crippen LogP contribution in [0.2, 0.25) is 5.15 Å². The lowest BCUT2D eigenvalue weighted by Gasteiger charge is -2.06. The first-order valence-corrected chi connectivity index (χ1v) is 6.60. The van der Waals surface area contributed by atoms with Gasteiger partial charge in [0.15, 0.2) is 5.82 Å². The maximum atomic E-state index is 5.93. The van der Waals surface area contributed by atoms with E-state index >= 15 is 0 Å². The molecule has 0 fully saturated rings. The van der Waals surface area contributed by atoms with Gasteiger partial charge in [0.05, 0.1) is 16.1 Å². The fourth-order valence-electron chi connectivity index (χ4n) is 1.29. The van der Waals surface area contributed by atoms with Crippen LogP contribution in [0.25, 0.3) is 11.4 Å².